The molecule has 18 heavy (non-hydrogen) atoms. The van der Waals surface area contributed by atoms with Crippen LogP contribution in [-0.2, 0) is 11.2 Å². The first-order valence-corrected chi connectivity index (χ1v) is 6.28. The lowest BCUT2D eigenvalue weighted by Crippen LogP contribution is -2.14. The molecule has 0 radical (unpaired) electrons. The Morgan fingerprint density at radius 2 is 2.28 bits per heavy atom. The Morgan fingerprint density at radius 1 is 1.50 bits per heavy atom. The second-order valence-electron chi connectivity index (χ2n) is 4.45. The van der Waals surface area contributed by atoms with Gasteiger partial charge in [0.25, 0.3) is 0 Å². The highest BCUT2D eigenvalue weighted by Gasteiger charge is 2.29. The summed E-state index contributed by atoms with van der Waals surface area (Å²) in [6, 6.07) is 5.72. The van der Waals surface area contributed by atoms with Crippen molar-refractivity contribution in [1.29, 1.82) is 0 Å². The molecule has 1 amide bonds. The zero-order chi connectivity index (χ0) is 13.0. The summed E-state index contributed by atoms with van der Waals surface area (Å²) in [5, 5.41) is 11.6. The van der Waals surface area contributed by atoms with Crippen LogP contribution >= 0.6 is 0 Å². The summed E-state index contributed by atoms with van der Waals surface area (Å²) >= 11 is 0. The number of carbonyl (C=O) groups is 1. The number of nitrogens with one attached hydrogen (secondary N) is 1. The van der Waals surface area contributed by atoms with Gasteiger partial charge in [0.05, 0.1) is 0 Å². The summed E-state index contributed by atoms with van der Waals surface area (Å²) in [5.41, 5.74) is 2.82. The first-order chi connectivity index (χ1) is 8.74. The minimum atomic E-state index is -0.137. The van der Waals surface area contributed by atoms with Gasteiger partial charge in [-0.1, -0.05) is 18.8 Å². The van der Waals surface area contributed by atoms with Crippen molar-refractivity contribution in [2.45, 2.75) is 26.2 Å². The lowest BCUT2D eigenvalue weighted by atomic mass is 10.1. The van der Waals surface area contributed by atoms with Gasteiger partial charge < -0.3 is 10.4 Å². The highest BCUT2D eigenvalue weighted by molar-refractivity contribution is 5.94. The molecule has 0 aromatic heterocycles. The van der Waals surface area contributed by atoms with Gasteiger partial charge in [0.2, 0.25) is 5.91 Å². The van der Waals surface area contributed by atoms with Crippen LogP contribution in [0.5, 0.6) is 0 Å². The summed E-state index contributed by atoms with van der Waals surface area (Å²) in [7, 11) is 0. The molecule has 0 saturated heterocycles. The predicted octanol–water partition coefficient (Wildman–Crippen LogP) is 1.94. The largest absolute Gasteiger partial charge is 0.384 e. The molecule has 1 aromatic carbocycles. The quantitative estimate of drug-likeness (QED) is 0.797. The molecule has 3 heteroatoms. The molecular weight excluding hydrogens is 226 g/mol. The number of amides is 1. The third-order valence-corrected chi connectivity index (χ3v) is 3.00. The van der Waals surface area contributed by atoms with E-state index in [4.69, 9.17) is 5.11 Å². The Hall–Kier alpha value is -1.79. The van der Waals surface area contributed by atoms with E-state index in [0.29, 0.717) is 0 Å². The van der Waals surface area contributed by atoms with Gasteiger partial charge in [-0.15, -0.1) is 0 Å². The van der Waals surface area contributed by atoms with E-state index in [1.807, 2.05) is 25.1 Å². The highest BCUT2D eigenvalue weighted by Crippen LogP contribution is 2.30. The molecule has 94 valence electrons. The summed E-state index contributed by atoms with van der Waals surface area (Å²) < 4.78 is 0. The number of hydrogen-bond donors (Lipinski definition) is 2. The normalized spacial score (nSPS) is 13.7. The van der Waals surface area contributed by atoms with E-state index in [1.54, 1.807) is 0 Å². The van der Waals surface area contributed by atoms with Crippen molar-refractivity contribution in [3.8, 4) is 11.8 Å². The Labute approximate surface area is 107 Å². The fourth-order valence-electron chi connectivity index (χ4n) is 1.81. The molecule has 0 heterocycles. The molecule has 0 unspecified atom stereocenters. The van der Waals surface area contributed by atoms with Crippen LogP contribution in [0.3, 0.4) is 0 Å². The number of anilines is 1. The molecule has 0 atom stereocenters. The summed E-state index contributed by atoms with van der Waals surface area (Å²) in [6.07, 6.45) is 2.86. The van der Waals surface area contributed by atoms with E-state index in [1.165, 1.54) is 0 Å². The summed E-state index contributed by atoms with van der Waals surface area (Å²) in [5.74, 6) is 5.83. The lowest BCUT2D eigenvalue weighted by molar-refractivity contribution is -0.117. The van der Waals surface area contributed by atoms with Gasteiger partial charge in [0, 0.05) is 17.2 Å². The van der Waals surface area contributed by atoms with E-state index >= 15 is 0 Å². The van der Waals surface area contributed by atoms with Crippen LogP contribution in [0.25, 0.3) is 0 Å². The monoisotopic (exact) mass is 243 g/mol. The van der Waals surface area contributed by atoms with Gasteiger partial charge >= 0.3 is 0 Å². The fraction of sp³-hybridized carbons (Fsp3) is 0.400. The fourth-order valence-corrected chi connectivity index (χ4v) is 1.81. The number of carbonyl (C=O) groups excluding carboxylic acids is 1. The molecule has 0 bridgehead atoms. The first-order valence-electron chi connectivity index (χ1n) is 6.28. The zero-order valence-electron chi connectivity index (χ0n) is 10.5. The van der Waals surface area contributed by atoms with Crippen LogP contribution in [0.1, 0.15) is 30.9 Å². The van der Waals surface area contributed by atoms with Crippen molar-refractivity contribution >= 4 is 11.6 Å². The molecule has 1 aliphatic carbocycles. The van der Waals surface area contributed by atoms with Crippen molar-refractivity contribution in [1.82, 2.24) is 0 Å². The molecule has 1 aliphatic rings. The highest BCUT2D eigenvalue weighted by atomic mass is 16.2. The Morgan fingerprint density at radius 3 is 2.89 bits per heavy atom. The SMILES string of the molecule is CCc1cc(C#CCO)ccc1NC(=O)C1CC1. The van der Waals surface area contributed by atoms with Crippen molar-refractivity contribution in [2.75, 3.05) is 11.9 Å². The predicted molar refractivity (Wildman–Crippen MR) is 71.1 cm³/mol. The smallest absolute Gasteiger partial charge is 0.227 e. The topological polar surface area (TPSA) is 49.3 Å². The first kappa shape index (κ1) is 12.7. The third-order valence-electron chi connectivity index (χ3n) is 3.00. The summed E-state index contributed by atoms with van der Waals surface area (Å²) in [6.45, 7) is 1.91. The number of rotatable bonds is 3. The average molecular weight is 243 g/mol. The molecule has 2 rings (SSSR count). The van der Waals surface area contributed by atoms with E-state index in [9.17, 15) is 4.79 Å². The van der Waals surface area contributed by atoms with Gasteiger partial charge in [-0.05, 0) is 43.0 Å². The maximum absolute atomic E-state index is 11.7. The molecule has 2 N–H and O–H groups in total. The molecule has 1 fully saturated rings. The standard InChI is InChI=1S/C15H17NO2/c1-2-12-10-11(4-3-9-17)5-8-14(12)16-15(18)13-6-7-13/h5,8,10,13,17H,2,6-7,9H2,1H3,(H,16,18). The van der Waals surface area contributed by atoms with E-state index in [-0.39, 0.29) is 18.4 Å². The molecule has 1 aromatic rings. The Kier molecular flexibility index (Phi) is 4.01. The molecule has 3 nitrogen and oxygen atoms in total. The molecular formula is C15H17NO2. The van der Waals surface area contributed by atoms with Gasteiger partial charge in [-0.2, -0.15) is 0 Å². The Bertz CT molecular complexity index is 507. The van der Waals surface area contributed by atoms with Gasteiger partial charge in [-0.3, -0.25) is 4.79 Å². The maximum atomic E-state index is 11.7. The van der Waals surface area contributed by atoms with Gasteiger partial charge in [-0.25, -0.2) is 0 Å². The number of aryl methyl sites for hydroxylation is 1. The molecule has 0 spiro atoms. The van der Waals surface area contributed by atoms with Gasteiger partial charge in [0.15, 0.2) is 0 Å². The van der Waals surface area contributed by atoms with Crippen LogP contribution in [0.15, 0.2) is 18.2 Å². The summed E-state index contributed by atoms with van der Waals surface area (Å²) in [4.78, 5) is 11.7. The number of aliphatic hydroxyl groups is 1. The molecule has 1 saturated carbocycles. The lowest BCUT2D eigenvalue weighted by Gasteiger charge is -2.10. The average Bonchev–Trinajstić information content (AvgIpc) is 3.21. The van der Waals surface area contributed by atoms with Crippen LogP contribution in [0.2, 0.25) is 0 Å². The second-order valence-corrected chi connectivity index (χ2v) is 4.45. The number of aliphatic hydroxyl groups excluding tert-OH is 1. The minimum Gasteiger partial charge on any atom is -0.384 e. The van der Waals surface area contributed by atoms with Crippen molar-refractivity contribution < 1.29 is 9.90 Å². The van der Waals surface area contributed by atoms with Crippen LogP contribution in [0, 0.1) is 17.8 Å². The Balaban J connectivity index is 2.16. The van der Waals surface area contributed by atoms with Crippen LogP contribution < -0.4 is 5.32 Å². The molecule has 0 aliphatic heterocycles. The van der Waals surface area contributed by atoms with Crippen LogP contribution in [0.4, 0.5) is 5.69 Å². The van der Waals surface area contributed by atoms with Crippen molar-refractivity contribution in [3.05, 3.63) is 29.3 Å². The van der Waals surface area contributed by atoms with E-state index in [0.717, 1.165) is 36.1 Å². The van der Waals surface area contributed by atoms with Crippen molar-refractivity contribution in [2.24, 2.45) is 5.92 Å². The zero-order valence-corrected chi connectivity index (χ0v) is 10.5. The number of benzene rings is 1. The third kappa shape index (κ3) is 3.12. The van der Waals surface area contributed by atoms with Crippen LogP contribution in [-0.4, -0.2) is 17.6 Å². The second kappa shape index (κ2) is 5.70. The minimum absolute atomic E-state index is 0.124. The van der Waals surface area contributed by atoms with Crippen molar-refractivity contribution in [3.63, 3.8) is 0 Å². The maximum Gasteiger partial charge on any atom is 0.227 e. The van der Waals surface area contributed by atoms with E-state index in [2.05, 4.69) is 17.2 Å². The number of hydrogen-bond acceptors (Lipinski definition) is 2. The van der Waals surface area contributed by atoms with Gasteiger partial charge in [0.1, 0.15) is 6.61 Å². The van der Waals surface area contributed by atoms with E-state index < -0.39 is 0 Å².